The molecule has 0 atom stereocenters. The van der Waals surface area contributed by atoms with Crippen LogP contribution in [0.2, 0.25) is 0 Å². The summed E-state index contributed by atoms with van der Waals surface area (Å²) in [6.45, 7) is 0. The van der Waals surface area contributed by atoms with Crippen LogP contribution in [-0.4, -0.2) is 18.3 Å². The summed E-state index contributed by atoms with van der Waals surface area (Å²) >= 11 is 1.88. The smallest absolute Gasteiger partial charge is 0.0541 e. The molecule has 0 N–H and O–H groups in total. The van der Waals surface area contributed by atoms with Crippen molar-refractivity contribution < 1.29 is 0 Å². The molecule has 5 heteroatoms. The molecule has 0 amide bonds. The van der Waals surface area contributed by atoms with Gasteiger partial charge in [0.25, 0.3) is 0 Å². The van der Waals surface area contributed by atoms with Gasteiger partial charge in [-0.05, 0) is 172 Å². The Bertz CT molecular complexity index is 6360. The Morgan fingerprint density at radius 3 is 0.853 bits per heavy atom. The molecule has 5 heterocycles. The molecular formula is C90H58N4S. The highest BCUT2D eigenvalue weighted by molar-refractivity contribution is 7.26. The first-order valence-electron chi connectivity index (χ1n) is 32.5. The van der Waals surface area contributed by atoms with Crippen LogP contribution in [0.3, 0.4) is 0 Å². The summed E-state index contributed by atoms with van der Waals surface area (Å²) in [5.74, 6) is 0. The first kappa shape index (κ1) is 54.5. The van der Waals surface area contributed by atoms with E-state index >= 15 is 0 Å². The Kier molecular flexibility index (Phi) is 12.7. The Balaban J connectivity index is 0.000000136. The van der Waals surface area contributed by atoms with E-state index in [-0.39, 0.29) is 0 Å². The van der Waals surface area contributed by atoms with E-state index in [1.54, 1.807) is 0 Å². The van der Waals surface area contributed by atoms with Crippen molar-refractivity contribution in [2.45, 2.75) is 0 Å². The number of rotatable bonds is 8. The highest BCUT2D eigenvalue weighted by atomic mass is 32.1. The zero-order valence-electron chi connectivity index (χ0n) is 51.7. The van der Waals surface area contributed by atoms with Crippen LogP contribution in [0.5, 0.6) is 0 Å². The predicted molar refractivity (Wildman–Crippen MR) is 405 cm³/mol. The number of benzene rings is 15. The number of thiophene rings is 1. The van der Waals surface area contributed by atoms with E-state index < -0.39 is 0 Å². The van der Waals surface area contributed by atoms with E-state index in [0.29, 0.717) is 0 Å². The second-order valence-corrected chi connectivity index (χ2v) is 25.8. The van der Waals surface area contributed by atoms with Crippen molar-refractivity contribution in [3.05, 3.63) is 352 Å². The van der Waals surface area contributed by atoms with E-state index in [0.717, 1.165) is 5.69 Å². The zero-order chi connectivity index (χ0) is 62.5. The Morgan fingerprint density at radius 2 is 0.453 bits per heavy atom. The molecule has 20 aromatic rings. The van der Waals surface area contributed by atoms with Crippen molar-refractivity contribution in [3.8, 4) is 67.3 Å². The lowest BCUT2D eigenvalue weighted by Gasteiger charge is -2.11. The standard InChI is InChI=1S/C48H30N2S.C42H28N2/c1-2-11-34(12-3-1)49-43-18-7-4-13-37(43)41-29-32(23-27-45(41)49)33-24-28-46-42(30-33)38-14-5-8-19-44(38)50(46)35-25-21-31(22-26-35)36-16-10-17-40-39-15-6-9-20-47(39)51-48(36)40;1-3-11-29(12-4-1)30-19-23-34(24-20-30)44-40-18-10-8-16-36(40)38-28-32(22-26-42(38)44)31-21-25-41-37(27-31)35-15-7-9-17-39(35)43(41)33-13-5-2-6-14-33/h1-30H;1-28H. The SMILES string of the molecule is c1ccc(-c2ccc(-n3c4ccccc4c4cc(-c5ccc6c(c5)c5ccccc5n6-c5ccccc5)ccc43)cc2)cc1.c1ccc(-n2c3ccccc3c3cc(-c4ccc5c(c4)c4ccccc4n5-c4ccc(-c5cccc6c5sc5ccccc56)cc4)ccc32)cc1. The van der Waals surface area contributed by atoms with Crippen molar-refractivity contribution in [2.75, 3.05) is 0 Å². The van der Waals surface area contributed by atoms with Crippen molar-refractivity contribution in [2.24, 2.45) is 0 Å². The molecule has 0 unspecified atom stereocenters. The van der Waals surface area contributed by atoms with Gasteiger partial charge in [-0.3, -0.25) is 0 Å². The number of fused-ring (bicyclic) bond motifs is 15. The Labute approximate surface area is 552 Å². The van der Waals surface area contributed by atoms with Crippen molar-refractivity contribution in [3.63, 3.8) is 0 Å². The molecule has 0 saturated carbocycles. The molecule has 20 rings (SSSR count). The predicted octanol–water partition coefficient (Wildman–Crippen LogP) is 24.8. The van der Waals surface area contributed by atoms with E-state index in [9.17, 15) is 0 Å². The van der Waals surface area contributed by atoms with Crippen molar-refractivity contribution in [1.29, 1.82) is 0 Å². The third kappa shape index (κ3) is 8.96. The Morgan fingerprint density at radius 1 is 0.168 bits per heavy atom. The van der Waals surface area contributed by atoms with Crippen LogP contribution in [-0.2, 0) is 0 Å². The lowest BCUT2D eigenvalue weighted by atomic mass is 10.0. The maximum atomic E-state index is 2.41. The molecule has 0 aliphatic heterocycles. The van der Waals surface area contributed by atoms with Gasteiger partial charge in [-0.25, -0.2) is 0 Å². The molecule has 5 aromatic heterocycles. The van der Waals surface area contributed by atoms with Crippen molar-refractivity contribution >= 4 is 119 Å². The van der Waals surface area contributed by atoms with Gasteiger partial charge in [0, 0.05) is 86.0 Å². The summed E-state index contributed by atoms with van der Waals surface area (Å²) in [6.07, 6.45) is 0. The van der Waals surface area contributed by atoms with Gasteiger partial charge in [0.2, 0.25) is 0 Å². The fourth-order valence-corrected chi connectivity index (χ4v) is 16.3. The van der Waals surface area contributed by atoms with Crippen molar-refractivity contribution in [1.82, 2.24) is 18.3 Å². The normalized spacial score (nSPS) is 11.8. The molecule has 0 radical (unpaired) electrons. The highest BCUT2D eigenvalue weighted by Gasteiger charge is 2.20. The Hall–Kier alpha value is -12.3. The van der Waals surface area contributed by atoms with Gasteiger partial charge in [-0.1, -0.05) is 224 Å². The summed E-state index contributed by atoms with van der Waals surface area (Å²) in [5.41, 5.74) is 24.3. The molecule has 0 spiro atoms. The lowest BCUT2D eigenvalue weighted by molar-refractivity contribution is 1.18. The van der Waals surface area contributed by atoms with Gasteiger partial charge >= 0.3 is 0 Å². The highest BCUT2D eigenvalue weighted by Crippen LogP contribution is 2.44. The molecule has 95 heavy (non-hydrogen) atoms. The van der Waals surface area contributed by atoms with Gasteiger partial charge in [0.1, 0.15) is 0 Å². The number of para-hydroxylation sites is 6. The van der Waals surface area contributed by atoms with Crippen LogP contribution < -0.4 is 0 Å². The van der Waals surface area contributed by atoms with E-state index in [1.165, 1.54) is 169 Å². The number of aromatic nitrogens is 4. The van der Waals surface area contributed by atoms with Gasteiger partial charge < -0.3 is 18.3 Å². The summed E-state index contributed by atoms with van der Waals surface area (Å²) in [6, 6.07) is 128. The molecule has 0 aliphatic rings. The maximum absolute atomic E-state index is 2.41. The average molecular weight is 1230 g/mol. The lowest BCUT2D eigenvalue weighted by Crippen LogP contribution is -1.94. The molecule has 15 aromatic carbocycles. The van der Waals surface area contributed by atoms with Gasteiger partial charge in [-0.2, -0.15) is 0 Å². The quantitative estimate of drug-likeness (QED) is 0.144. The monoisotopic (exact) mass is 1230 g/mol. The maximum Gasteiger partial charge on any atom is 0.0541 e. The summed E-state index contributed by atoms with van der Waals surface area (Å²) < 4.78 is 12.2. The van der Waals surface area contributed by atoms with Crippen LogP contribution in [0.15, 0.2) is 352 Å². The van der Waals surface area contributed by atoms with Crippen LogP contribution >= 0.6 is 11.3 Å². The fraction of sp³-hybridized carbons (Fsp3) is 0. The number of hydrogen-bond donors (Lipinski definition) is 0. The summed E-state index contributed by atoms with van der Waals surface area (Å²) in [4.78, 5) is 0. The van der Waals surface area contributed by atoms with Gasteiger partial charge in [0.15, 0.2) is 0 Å². The number of nitrogens with zero attached hydrogens (tertiary/aromatic N) is 4. The second kappa shape index (κ2) is 22.2. The van der Waals surface area contributed by atoms with E-state index in [2.05, 4.69) is 370 Å². The zero-order valence-corrected chi connectivity index (χ0v) is 52.5. The molecular weight excluding hydrogens is 1170 g/mol. The van der Waals surface area contributed by atoms with Gasteiger partial charge in [-0.15, -0.1) is 11.3 Å². The minimum atomic E-state index is 1.16. The largest absolute Gasteiger partial charge is 0.309 e. The van der Waals surface area contributed by atoms with Crippen LogP contribution in [0.4, 0.5) is 0 Å². The molecule has 0 saturated heterocycles. The third-order valence-corrected chi connectivity index (χ3v) is 20.7. The number of hydrogen-bond acceptors (Lipinski definition) is 1. The fourth-order valence-electron chi connectivity index (χ4n) is 15.1. The third-order valence-electron chi connectivity index (χ3n) is 19.5. The molecule has 4 nitrogen and oxygen atoms in total. The molecule has 0 aliphatic carbocycles. The summed E-state index contributed by atoms with van der Waals surface area (Å²) in [7, 11) is 0. The average Bonchev–Trinajstić information content (AvgIpc) is 1.61. The minimum absolute atomic E-state index is 1.16. The minimum Gasteiger partial charge on any atom is -0.309 e. The molecule has 0 bridgehead atoms. The van der Waals surface area contributed by atoms with Crippen LogP contribution in [0.25, 0.3) is 175 Å². The van der Waals surface area contributed by atoms with E-state index in [1.807, 2.05) is 11.3 Å². The van der Waals surface area contributed by atoms with Crippen LogP contribution in [0, 0.1) is 0 Å². The topological polar surface area (TPSA) is 19.7 Å². The summed E-state index contributed by atoms with van der Waals surface area (Å²) in [5, 5.41) is 12.8. The molecule has 444 valence electrons. The molecule has 0 fully saturated rings. The van der Waals surface area contributed by atoms with Crippen LogP contribution in [0.1, 0.15) is 0 Å². The van der Waals surface area contributed by atoms with Gasteiger partial charge in [0.05, 0.1) is 44.1 Å². The van der Waals surface area contributed by atoms with E-state index in [4.69, 9.17) is 0 Å². The first-order valence-corrected chi connectivity index (χ1v) is 33.4. The first-order chi connectivity index (χ1) is 47.1. The second-order valence-electron chi connectivity index (χ2n) is 24.7.